The average molecular weight is 279 g/mol. The van der Waals surface area contributed by atoms with Crippen molar-refractivity contribution in [3.8, 4) is 0 Å². The molecule has 19 heavy (non-hydrogen) atoms. The fourth-order valence-electron chi connectivity index (χ4n) is 3.29. The summed E-state index contributed by atoms with van der Waals surface area (Å²) in [4.78, 5) is 0. The van der Waals surface area contributed by atoms with Crippen molar-refractivity contribution in [3.05, 3.63) is 35.0 Å². The standard InChI is InChI=1S/C15H19ClN2O/c1-15(7-2-3-8-15)14(18-17)12-9-10-5-4-6-11(16)13(10)19-12/h4-6,9,14,18H,2-3,7-8,17H2,1H3. The Bertz CT molecular complexity index is 587. The molecule has 1 aliphatic rings. The van der Waals surface area contributed by atoms with Crippen molar-refractivity contribution in [1.82, 2.24) is 5.43 Å². The van der Waals surface area contributed by atoms with Crippen molar-refractivity contribution in [1.29, 1.82) is 0 Å². The lowest BCUT2D eigenvalue weighted by Crippen LogP contribution is -2.38. The number of hydrogen-bond donors (Lipinski definition) is 2. The maximum absolute atomic E-state index is 6.17. The van der Waals surface area contributed by atoms with Crippen molar-refractivity contribution in [2.75, 3.05) is 0 Å². The summed E-state index contributed by atoms with van der Waals surface area (Å²) in [6.45, 7) is 2.28. The van der Waals surface area contributed by atoms with Crippen molar-refractivity contribution < 1.29 is 4.42 Å². The van der Waals surface area contributed by atoms with Gasteiger partial charge in [0.15, 0.2) is 5.58 Å². The quantitative estimate of drug-likeness (QED) is 0.654. The Labute approximate surface area is 118 Å². The molecule has 1 aromatic heterocycles. The molecule has 1 unspecified atom stereocenters. The van der Waals surface area contributed by atoms with Crippen LogP contribution < -0.4 is 11.3 Å². The minimum absolute atomic E-state index is 0.0402. The van der Waals surface area contributed by atoms with E-state index in [0.29, 0.717) is 5.02 Å². The third kappa shape index (κ3) is 2.16. The van der Waals surface area contributed by atoms with E-state index in [0.717, 1.165) is 16.7 Å². The highest BCUT2D eigenvalue weighted by Gasteiger charge is 2.39. The summed E-state index contributed by atoms with van der Waals surface area (Å²) >= 11 is 6.17. The Hall–Kier alpha value is -1.03. The Balaban J connectivity index is 2.04. The van der Waals surface area contributed by atoms with Crippen LogP contribution in [0.3, 0.4) is 0 Å². The van der Waals surface area contributed by atoms with Gasteiger partial charge in [-0.05, 0) is 30.4 Å². The van der Waals surface area contributed by atoms with Gasteiger partial charge in [0.1, 0.15) is 5.76 Å². The van der Waals surface area contributed by atoms with E-state index < -0.39 is 0 Å². The second-order valence-corrected chi connectivity index (χ2v) is 6.17. The lowest BCUT2D eigenvalue weighted by molar-refractivity contribution is 0.200. The molecular weight excluding hydrogens is 260 g/mol. The van der Waals surface area contributed by atoms with Gasteiger partial charge in [-0.1, -0.05) is 43.5 Å². The predicted octanol–water partition coefficient (Wildman–Crippen LogP) is 4.17. The van der Waals surface area contributed by atoms with Gasteiger partial charge >= 0.3 is 0 Å². The zero-order chi connectivity index (χ0) is 13.5. The number of halogens is 1. The third-order valence-corrected chi connectivity index (χ3v) is 4.71. The van der Waals surface area contributed by atoms with E-state index in [1.165, 1.54) is 25.7 Å². The molecule has 4 heteroatoms. The van der Waals surface area contributed by atoms with Crippen LogP contribution >= 0.6 is 11.6 Å². The summed E-state index contributed by atoms with van der Waals surface area (Å²) in [5, 5.41) is 1.68. The number of rotatable bonds is 3. The Morgan fingerprint density at radius 3 is 2.74 bits per heavy atom. The Morgan fingerprint density at radius 1 is 1.37 bits per heavy atom. The first-order chi connectivity index (χ1) is 9.14. The number of para-hydroxylation sites is 1. The first-order valence-corrected chi connectivity index (χ1v) is 7.16. The van der Waals surface area contributed by atoms with Crippen LogP contribution in [0.4, 0.5) is 0 Å². The van der Waals surface area contributed by atoms with E-state index in [1.54, 1.807) is 0 Å². The molecule has 102 valence electrons. The van der Waals surface area contributed by atoms with Crippen LogP contribution in [0.2, 0.25) is 5.02 Å². The van der Waals surface area contributed by atoms with Crippen molar-refractivity contribution in [2.45, 2.75) is 38.6 Å². The summed E-state index contributed by atoms with van der Waals surface area (Å²) in [6, 6.07) is 7.89. The van der Waals surface area contributed by atoms with Crippen molar-refractivity contribution in [3.63, 3.8) is 0 Å². The van der Waals surface area contributed by atoms with Crippen LogP contribution in [0.15, 0.2) is 28.7 Å². The number of hydrogen-bond acceptors (Lipinski definition) is 3. The molecule has 1 heterocycles. The Kier molecular flexibility index (Phi) is 3.29. The largest absolute Gasteiger partial charge is 0.458 e. The summed E-state index contributed by atoms with van der Waals surface area (Å²) in [5.74, 6) is 6.67. The molecule has 0 amide bonds. The van der Waals surface area contributed by atoms with Gasteiger partial charge in [0, 0.05) is 5.39 Å². The Morgan fingerprint density at radius 2 is 2.11 bits per heavy atom. The lowest BCUT2D eigenvalue weighted by Gasteiger charge is -2.31. The highest BCUT2D eigenvalue weighted by atomic mass is 35.5. The zero-order valence-corrected chi connectivity index (χ0v) is 11.8. The second-order valence-electron chi connectivity index (χ2n) is 5.77. The summed E-state index contributed by atoms with van der Waals surface area (Å²) in [6.07, 6.45) is 4.87. The zero-order valence-electron chi connectivity index (χ0n) is 11.1. The normalized spacial score (nSPS) is 19.9. The molecule has 1 atom stereocenters. The van der Waals surface area contributed by atoms with Gasteiger partial charge in [0.2, 0.25) is 0 Å². The van der Waals surface area contributed by atoms with Crippen molar-refractivity contribution in [2.24, 2.45) is 11.3 Å². The maximum Gasteiger partial charge on any atom is 0.152 e. The molecule has 1 aromatic carbocycles. The van der Waals surface area contributed by atoms with Crippen LogP contribution in [0.25, 0.3) is 11.0 Å². The molecule has 1 aliphatic carbocycles. The molecule has 1 saturated carbocycles. The van der Waals surface area contributed by atoms with Crippen LogP contribution in [0.1, 0.15) is 44.4 Å². The van der Waals surface area contributed by atoms with E-state index in [-0.39, 0.29) is 11.5 Å². The minimum atomic E-state index is 0.0402. The fourth-order valence-corrected chi connectivity index (χ4v) is 3.51. The lowest BCUT2D eigenvalue weighted by atomic mass is 9.80. The number of fused-ring (bicyclic) bond motifs is 1. The fraction of sp³-hybridized carbons (Fsp3) is 0.467. The predicted molar refractivity (Wildman–Crippen MR) is 77.9 cm³/mol. The molecule has 1 fully saturated rings. The van der Waals surface area contributed by atoms with Gasteiger partial charge in [0.25, 0.3) is 0 Å². The average Bonchev–Trinajstić information content (AvgIpc) is 2.98. The second kappa shape index (κ2) is 4.82. The summed E-state index contributed by atoms with van der Waals surface area (Å²) in [7, 11) is 0. The monoisotopic (exact) mass is 278 g/mol. The molecule has 0 spiro atoms. The van der Waals surface area contributed by atoms with Crippen LogP contribution in [-0.2, 0) is 0 Å². The molecule has 0 bridgehead atoms. The van der Waals surface area contributed by atoms with E-state index in [2.05, 4.69) is 18.4 Å². The number of hydrazine groups is 1. The van der Waals surface area contributed by atoms with Gasteiger partial charge in [-0.25, -0.2) is 5.43 Å². The molecule has 3 N–H and O–H groups in total. The highest BCUT2D eigenvalue weighted by molar-refractivity contribution is 6.34. The summed E-state index contributed by atoms with van der Waals surface area (Å²) < 4.78 is 5.96. The van der Waals surface area contributed by atoms with E-state index in [9.17, 15) is 0 Å². The number of benzene rings is 1. The van der Waals surface area contributed by atoms with Gasteiger partial charge < -0.3 is 4.42 Å². The van der Waals surface area contributed by atoms with Crippen LogP contribution in [-0.4, -0.2) is 0 Å². The number of nitrogens with one attached hydrogen (secondary N) is 1. The molecule has 0 saturated heterocycles. The first-order valence-electron chi connectivity index (χ1n) is 6.78. The summed E-state index contributed by atoms with van der Waals surface area (Å²) in [5.41, 5.74) is 3.86. The molecule has 0 aliphatic heterocycles. The topological polar surface area (TPSA) is 51.2 Å². The molecule has 3 rings (SSSR count). The third-order valence-electron chi connectivity index (χ3n) is 4.41. The number of nitrogens with two attached hydrogens (primary N) is 1. The first kappa shape index (κ1) is 13.0. The minimum Gasteiger partial charge on any atom is -0.458 e. The van der Waals surface area contributed by atoms with Crippen LogP contribution in [0.5, 0.6) is 0 Å². The highest BCUT2D eigenvalue weighted by Crippen LogP contribution is 2.47. The van der Waals surface area contributed by atoms with E-state index in [1.807, 2.05) is 18.2 Å². The maximum atomic E-state index is 6.17. The number of furan rings is 1. The SMILES string of the molecule is CC1(C(NN)c2cc3cccc(Cl)c3o2)CCCC1. The molecule has 3 nitrogen and oxygen atoms in total. The van der Waals surface area contributed by atoms with Gasteiger partial charge in [-0.15, -0.1) is 0 Å². The molecule has 0 radical (unpaired) electrons. The molecular formula is C15H19ClN2O. The smallest absolute Gasteiger partial charge is 0.152 e. The molecule has 2 aromatic rings. The van der Waals surface area contributed by atoms with E-state index in [4.69, 9.17) is 21.9 Å². The van der Waals surface area contributed by atoms with E-state index >= 15 is 0 Å². The van der Waals surface area contributed by atoms with Gasteiger partial charge in [-0.2, -0.15) is 0 Å². The van der Waals surface area contributed by atoms with Crippen molar-refractivity contribution >= 4 is 22.6 Å². The van der Waals surface area contributed by atoms with Gasteiger partial charge in [0.05, 0.1) is 11.1 Å². The van der Waals surface area contributed by atoms with Gasteiger partial charge in [-0.3, -0.25) is 5.84 Å². The van der Waals surface area contributed by atoms with Crippen LogP contribution in [0, 0.1) is 5.41 Å².